The summed E-state index contributed by atoms with van der Waals surface area (Å²) in [4.78, 5) is 16.4. The number of nitrogens with two attached hydrogens (primary N) is 1. The molecular formula is C17H22F3N3O2. The zero-order valence-corrected chi connectivity index (χ0v) is 13.8. The molecule has 2 fully saturated rings. The van der Waals surface area contributed by atoms with E-state index in [1.165, 1.54) is 18.3 Å². The Bertz CT molecular complexity index is 609. The van der Waals surface area contributed by atoms with Crippen molar-refractivity contribution >= 4 is 5.91 Å². The minimum absolute atomic E-state index is 0.0109. The number of aromatic nitrogens is 1. The third kappa shape index (κ3) is 4.42. The minimum atomic E-state index is -4.48. The number of hydrogen-bond donors (Lipinski definition) is 2. The third-order valence-electron chi connectivity index (χ3n) is 5.06. The Morgan fingerprint density at radius 1 is 1.32 bits per heavy atom. The first kappa shape index (κ1) is 18.0. The number of halogens is 3. The van der Waals surface area contributed by atoms with Gasteiger partial charge >= 0.3 is 6.18 Å². The van der Waals surface area contributed by atoms with E-state index in [0.29, 0.717) is 11.8 Å². The molecule has 0 saturated heterocycles. The number of carbonyl (C=O) groups excluding carboxylic acids is 1. The first-order valence-electron chi connectivity index (χ1n) is 8.54. The molecule has 2 unspecified atom stereocenters. The van der Waals surface area contributed by atoms with Crippen molar-refractivity contribution in [1.29, 1.82) is 0 Å². The zero-order chi connectivity index (χ0) is 18.0. The van der Waals surface area contributed by atoms with Crippen LogP contribution in [0.25, 0.3) is 0 Å². The number of fused-ring (bicyclic) bond motifs is 2. The summed E-state index contributed by atoms with van der Waals surface area (Å²) >= 11 is 0. The van der Waals surface area contributed by atoms with Crippen LogP contribution < -0.4 is 15.8 Å². The SMILES string of the molecule is NC1CC2CCCC(C1)C2NC(=O)c1cccnc1OCC(F)(F)F. The van der Waals surface area contributed by atoms with E-state index >= 15 is 0 Å². The van der Waals surface area contributed by atoms with Gasteiger partial charge in [-0.2, -0.15) is 13.2 Å². The number of nitrogens with one attached hydrogen (secondary N) is 1. The van der Waals surface area contributed by atoms with Crippen molar-refractivity contribution in [2.75, 3.05) is 6.61 Å². The summed E-state index contributed by atoms with van der Waals surface area (Å²) in [5.74, 6) is -0.0945. The highest BCUT2D eigenvalue weighted by atomic mass is 19.4. The summed E-state index contributed by atoms with van der Waals surface area (Å²) in [5.41, 5.74) is 6.11. The van der Waals surface area contributed by atoms with E-state index in [0.717, 1.165) is 32.1 Å². The predicted octanol–water partition coefficient (Wildman–Crippen LogP) is 2.66. The van der Waals surface area contributed by atoms with Crippen LogP contribution in [0.15, 0.2) is 18.3 Å². The van der Waals surface area contributed by atoms with Crippen LogP contribution in [0.3, 0.4) is 0 Å². The van der Waals surface area contributed by atoms with Gasteiger partial charge in [-0.3, -0.25) is 4.79 Å². The molecule has 3 N–H and O–H groups in total. The zero-order valence-electron chi connectivity index (χ0n) is 13.8. The highest BCUT2D eigenvalue weighted by Crippen LogP contribution is 2.39. The van der Waals surface area contributed by atoms with Gasteiger partial charge in [-0.1, -0.05) is 6.42 Å². The fraction of sp³-hybridized carbons (Fsp3) is 0.647. The second kappa shape index (κ2) is 7.19. The van der Waals surface area contributed by atoms with E-state index in [4.69, 9.17) is 10.5 Å². The highest BCUT2D eigenvalue weighted by molar-refractivity contribution is 5.96. The summed E-state index contributed by atoms with van der Waals surface area (Å²) < 4.78 is 41.8. The van der Waals surface area contributed by atoms with Crippen molar-refractivity contribution in [3.8, 4) is 5.88 Å². The van der Waals surface area contributed by atoms with Crippen molar-refractivity contribution in [2.24, 2.45) is 17.6 Å². The number of nitrogens with zero attached hydrogens (tertiary/aromatic N) is 1. The van der Waals surface area contributed by atoms with Gasteiger partial charge in [-0.15, -0.1) is 0 Å². The number of pyridine rings is 1. The Labute approximate surface area is 144 Å². The average Bonchev–Trinajstić information content (AvgIpc) is 2.53. The Morgan fingerprint density at radius 2 is 2.00 bits per heavy atom. The standard InChI is InChI=1S/C17H22F3N3O2/c18-17(19,20)9-25-16-13(5-2-6-22-16)15(24)23-14-10-3-1-4-11(14)8-12(21)7-10/h2,5-6,10-12,14H,1,3-4,7-9,21H2,(H,23,24). The van der Waals surface area contributed by atoms with Gasteiger partial charge in [0.25, 0.3) is 5.91 Å². The molecule has 2 aliphatic rings. The van der Waals surface area contributed by atoms with Crippen molar-refractivity contribution in [2.45, 2.75) is 50.4 Å². The van der Waals surface area contributed by atoms with Crippen LogP contribution in [0.2, 0.25) is 0 Å². The first-order chi connectivity index (χ1) is 11.8. The smallest absolute Gasteiger partial charge is 0.422 e. The largest absolute Gasteiger partial charge is 0.467 e. The van der Waals surface area contributed by atoms with Gasteiger partial charge in [-0.05, 0) is 49.7 Å². The third-order valence-corrected chi connectivity index (χ3v) is 5.06. The van der Waals surface area contributed by atoms with E-state index in [-0.39, 0.29) is 23.5 Å². The predicted molar refractivity (Wildman–Crippen MR) is 85.1 cm³/mol. The summed E-state index contributed by atoms with van der Waals surface area (Å²) in [6, 6.07) is 3.11. The lowest BCUT2D eigenvalue weighted by Crippen LogP contribution is -2.53. The molecule has 1 amide bonds. The summed E-state index contributed by atoms with van der Waals surface area (Å²) in [6.45, 7) is -1.48. The molecule has 2 aliphatic carbocycles. The van der Waals surface area contributed by atoms with Gasteiger partial charge < -0.3 is 15.8 Å². The van der Waals surface area contributed by atoms with Crippen LogP contribution in [0.5, 0.6) is 5.88 Å². The fourth-order valence-corrected chi connectivity index (χ4v) is 4.08. The average molecular weight is 357 g/mol. The lowest BCUT2D eigenvalue weighted by molar-refractivity contribution is -0.154. The van der Waals surface area contributed by atoms with Crippen LogP contribution in [0, 0.1) is 11.8 Å². The molecule has 2 atom stereocenters. The molecule has 0 aliphatic heterocycles. The second-order valence-electron chi connectivity index (χ2n) is 6.94. The summed E-state index contributed by atoms with van der Waals surface area (Å²) in [6.07, 6.45) is 1.71. The molecule has 0 radical (unpaired) electrons. The van der Waals surface area contributed by atoms with E-state index in [2.05, 4.69) is 10.3 Å². The molecule has 1 aromatic rings. The van der Waals surface area contributed by atoms with Crippen LogP contribution in [-0.2, 0) is 0 Å². The summed E-state index contributed by atoms with van der Waals surface area (Å²) in [7, 11) is 0. The Morgan fingerprint density at radius 3 is 2.64 bits per heavy atom. The number of alkyl halides is 3. The maximum absolute atomic E-state index is 12.6. The molecule has 25 heavy (non-hydrogen) atoms. The van der Waals surface area contributed by atoms with Gasteiger partial charge in [0.1, 0.15) is 5.56 Å². The van der Waals surface area contributed by atoms with Gasteiger partial charge in [0.05, 0.1) is 0 Å². The Kier molecular flexibility index (Phi) is 5.17. The number of rotatable bonds is 4. The molecule has 2 saturated carbocycles. The lowest BCUT2D eigenvalue weighted by Gasteiger charge is -2.45. The van der Waals surface area contributed by atoms with Gasteiger partial charge in [0.15, 0.2) is 6.61 Å². The molecule has 3 rings (SSSR count). The molecule has 138 valence electrons. The highest BCUT2D eigenvalue weighted by Gasteiger charge is 2.40. The van der Waals surface area contributed by atoms with E-state index in [9.17, 15) is 18.0 Å². The topological polar surface area (TPSA) is 77.2 Å². The fourth-order valence-electron chi connectivity index (χ4n) is 4.08. The van der Waals surface area contributed by atoms with E-state index < -0.39 is 18.7 Å². The van der Waals surface area contributed by atoms with Crippen molar-refractivity contribution < 1.29 is 22.7 Å². The number of hydrogen-bond acceptors (Lipinski definition) is 4. The van der Waals surface area contributed by atoms with Crippen LogP contribution in [0.1, 0.15) is 42.5 Å². The van der Waals surface area contributed by atoms with Crippen molar-refractivity contribution in [1.82, 2.24) is 10.3 Å². The molecule has 8 heteroatoms. The molecule has 1 aromatic heterocycles. The molecule has 0 spiro atoms. The first-order valence-corrected chi connectivity index (χ1v) is 8.54. The Balaban J connectivity index is 1.71. The molecule has 1 heterocycles. The van der Waals surface area contributed by atoms with Crippen molar-refractivity contribution in [3.05, 3.63) is 23.9 Å². The second-order valence-corrected chi connectivity index (χ2v) is 6.94. The normalized spacial score (nSPS) is 29.1. The molecular weight excluding hydrogens is 335 g/mol. The lowest BCUT2D eigenvalue weighted by atomic mass is 9.67. The molecule has 0 aromatic carbocycles. The van der Waals surface area contributed by atoms with Gasteiger partial charge in [0.2, 0.25) is 5.88 Å². The van der Waals surface area contributed by atoms with Crippen LogP contribution in [-0.4, -0.2) is 35.8 Å². The minimum Gasteiger partial charge on any atom is -0.467 e. The summed E-state index contributed by atoms with van der Waals surface area (Å²) in [5, 5.41) is 3.00. The number of ether oxygens (including phenoxy) is 1. The Hall–Kier alpha value is -1.83. The maximum Gasteiger partial charge on any atom is 0.422 e. The van der Waals surface area contributed by atoms with Crippen LogP contribution >= 0.6 is 0 Å². The molecule has 2 bridgehead atoms. The van der Waals surface area contributed by atoms with Crippen molar-refractivity contribution in [3.63, 3.8) is 0 Å². The molecule has 5 nitrogen and oxygen atoms in total. The monoisotopic (exact) mass is 357 g/mol. The van der Waals surface area contributed by atoms with Gasteiger partial charge in [0, 0.05) is 18.3 Å². The maximum atomic E-state index is 12.6. The van der Waals surface area contributed by atoms with Gasteiger partial charge in [-0.25, -0.2) is 4.98 Å². The van der Waals surface area contributed by atoms with Crippen LogP contribution in [0.4, 0.5) is 13.2 Å². The van der Waals surface area contributed by atoms with E-state index in [1.54, 1.807) is 0 Å². The number of carbonyl (C=O) groups is 1. The van der Waals surface area contributed by atoms with E-state index in [1.807, 2.05) is 0 Å². The number of amides is 1. The quantitative estimate of drug-likeness (QED) is 0.869.